The molecular formula is C19H23NO. The molecule has 2 nitrogen and oxygen atoms in total. The number of nitrogens with two attached hydrogens (primary N) is 1. The molecule has 0 saturated heterocycles. The van der Waals surface area contributed by atoms with Gasteiger partial charge in [-0.1, -0.05) is 12.1 Å². The topological polar surface area (TPSA) is 35.2 Å². The van der Waals surface area contributed by atoms with Crippen molar-refractivity contribution in [2.75, 3.05) is 6.54 Å². The molecule has 0 aliphatic heterocycles. The van der Waals surface area contributed by atoms with E-state index in [1.165, 1.54) is 47.9 Å². The van der Waals surface area contributed by atoms with Crippen LogP contribution in [0, 0.1) is 6.92 Å². The predicted octanol–water partition coefficient (Wildman–Crippen LogP) is 4.17. The minimum absolute atomic E-state index is 0.686. The van der Waals surface area contributed by atoms with E-state index in [4.69, 9.17) is 10.5 Å². The number of hydrogen-bond donors (Lipinski definition) is 1. The SMILES string of the molecule is Cc1cc(Oc2ccc3c(c2)CCCC3)ccc1CCN. The Labute approximate surface area is 126 Å². The van der Waals surface area contributed by atoms with Gasteiger partial charge in [-0.3, -0.25) is 0 Å². The largest absolute Gasteiger partial charge is 0.457 e. The van der Waals surface area contributed by atoms with Crippen LogP contribution in [0.15, 0.2) is 36.4 Å². The van der Waals surface area contributed by atoms with Crippen LogP contribution in [-0.2, 0) is 19.3 Å². The molecule has 0 saturated carbocycles. The number of fused-ring (bicyclic) bond motifs is 1. The average Bonchev–Trinajstić information content (AvgIpc) is 2.50. The van der Waals surface area contributed by atoms with Crippen LogP contribution in [0.2, 0.25) is 0 Å². The van der Waals surface area contributed by atoms with E-state index in [1.54, 1.807) is 0 Å². The van der Waals surface area contributed by atoms with E-state index in [9.17, 15) is 0 Å². The molecule has 1 aliphatic rings. The van der Waals surface area contributed by atoms with Crippen LogP contribution >= 0.6 is 0 Å². The molecule has 2 N–H and O–H groups in total. The summed E-state index contributed by atoms with van der Waals surface area (Å²) in [6.45, 7) is 2.80. The van der Waals surface area contributed by atoms with Crippen LogP contribution in [0.3, 0.4) is 0 Å². The van der Waals surface area contributed by atoms with Crippen molar-refractivity contribution in [1.82, 2.24) is 0 Å². The van der Waals surface area contributed by atoms with Gasteiger partial charge in [0.15, 0.2) is 0 Å². The van der Waals surface area contributed by atoms with Gasteiger partial charge >= 0.3 is 0 Å². The Balaban J connectivity index is 1.78. The molecule has 2 aromatic rings. The Morgan fingerprint density at radius 1 is 0.952 bits per heavy atom. The highest BCUT2D eigenvalue weighted by molar-refractivity contribution is 5.41. The van der Waals surface area contributed by atoms with E-state index in [0.717, 1.165) is 17.9 Å². The second-order valence-electron chi connectivity index (χ2n) is 5.87. The fourth-order valence-electron chi connectivity index (χ4n) is 3.08. The third-order valence-corrected chi connectivity index (χ3v) is 4.28. The molecule has 21 heavy (non-hydrogen) atoms. The second-order valence-corrected chi connectivity index (χ2v) is 5.87. The van der Waals surface area contributed by atoms with Crippen molar-refractivity contribution in [3.05, 3.63) is 58.7 Å². The summed E-state index contributed by atoms with van der Waals surface area (Å²) < 4.78 is 6.03. The minimum atomic E-state index is 0.686. The Morgan fingerprint density at radius 3 is 2.43 bits per heavy atom. The molecule has 1 aliphatic carbocycles. The zero-order valence-electron chi connectivity index (χ0n) is 12.7. The van der Waals surface area contributed by atoms with Crippen LogP contribution in [0.1, 0.15) is 35.1 Å². The summed E-state index contributed by atoms with van der Waals surface area (Å²) in [4.78, 5) is 0. The van der Waals surface area contributed by atoms with E-state index in [-0.39, 0.29) is 0 Å². The summed E-state index contributed by atoms with van der Waals surface area (Å²) in [5.41, 5.74) is 11.1. The molecule has 0 amide bonds. The smallest absolute Gasteiger partial charge is 0.127 e. The Bertz CT molecular complexity index is 633. The van der Waals surface area contributed by atoms with E-state index in [0.29, 0.717) is 6.54 Å². The molecule has 2 aromatic carbocycles. The van der Waals surface area contributed by atoms with E-state index >= 15 is 0 Å². The average molecular weight is 281 g/mol. The number of aryl methyl sites for hydroxylation is 3. The van der Waals surface area contributed by atoms with Crippen molar-refractivity contribution >= 4 is 0 Å². The molecular weight excluding hydrogens is 258 g/mol. The van der Waals surface area contributed by atoms with Crippen LogP contribution in [0.25, 0.3) is 0 Å². The molecule has 110 valence electrons. The first kappa shape index (κ1) is 14.2. The van der Waals surface area contributed by atoms with Gasteiger partial charge in [0.25, 0.3) is 0 Å². The molecule has 0 fully saturated rings. The van der Waals surface area contributed by atoms with Gasteiger partial charge in [-0.05, 0) is 92.1 Å². The molecule has 2 heteroatoms. The highest BCUT2D eigenvalue weighted by atomic mass is 16.5. The van der Waals surface area contributed by atoms with E-state index in [1.807, 2.05) is 6.07 Å². The van der Waals surface area contributed by atoms with Gasteiger partial charge in [0, 0.05) is 0 Å². The third kappa shape index (κ3) is 3.27. The van der Waals surface area contributed by atoms with Crippen LogP contribution in [0.4, 0.5) is 0 Å². The summed E-state index contributed by atoms with van der Waals surface area (Å²) in [7, 11) is 0. The number of rotatable bonds is 4. The molecule has 0 atom stereocenters. The summed E-state index contributed by atoms with van der Waals surface area (Å²) >= 11 is 0. The van der Waals surface area contributed by atoms with Gasteiger partial charge in [0.05, 0.1) is 0 Å². The highest BCUT2D eigenvalue weighted by Crippen LogP contribution is 2.29. The monoisotopic (exact) mass is 281 g/mol. The van der Waals surface area contributed by atoms with Gasteiger partial charge in [0.2, 0.25) is 0 Å². The van der Waals surface area contributed by atoms with Crippen molar-refractivity contribution in [3.63, 3.8) is 0 Å². The second kappa shape index (κ2) is 6.31. The molecule has 0 radical (unpaired) electrons. The zero-order valence-corrected chi connectivity index (χ0v) is 12.7. The van der Waals surface area contributed by atoms with Crippen molar-refractivity contribution in [1.29, 1.82) is 0 Å². The van der Waals surface area contributed by atoms with Crippen molar-refractivity contribution < 1.29 is 4.74 Å². The van der Waals surface area contributed by atoms with Gasteiger partial charge in [-0.25, -0.2) is 0 Å². The maximum Gasteiger partial charge on any atom is 0.127 e. The Kier molecular flexibility index (Phi) is 4.26. The maximum atomic E-state index is 6.03. The number of benzene rings is 2. The van der Waals surface area contributed by atoms with E-state index in [2.05, 4.69) is 37.3 Å². The van der Waals surface area contributed by atoms with Crippen LogP contribution in [-0.4, -0.2) is 6.54 Å². The quantitative estimate of drug-likeness (QED) is 0.913. The Hall–Kier alpha value is -1.80. The zero-order chi connectivity index (χ0) is 14.7. The lowest BCUT2D eigenvalue weighted by atomic mass is 9.92. The van der Waals surface area contributed by atoms with Gasteiger partial charge in [0.1, 0.15) is 11.5 Å². The highest BCUT2D eigenvalue weighted by Gasteiger charge is 2.10. The third-order valence-electron chi connectivity index (χ3n) is 4.28. The van der Waals surface area contributed by atoms with E-state index < -0.39 is 0 Å². The first-order valence-electron chi connectivity index (χ1n) is 7.85. The van der Waals surface area contributed by atoms with Crippen molar-refractivity contribution in [2.45, 2.75) is 39.0 Å². The standard InChI is InChI=1S/C19H23NO/c1-14-12-18(8-6-15(14)10-11-20)21-19-9-7-16-4-2-3-5-17(16)13-19/h6-9,12-13H,2-5,10-11,20H2,1H3. The first-order valence-corrected chi connectivity index (χ1v) is 7.85. The normalized spacial score (nSPS) is 13.8. The van der Waals surface area contributed by atoms with Gasteiger partial charge in [-0.15, -0.1) is 0 Å². The molecule has 0 aromatic heterocycles. The lowest BCUT2D eigenvalue weighted by molar-refractivity contribution is 0.480. The first-order chi connectivity index (χ1) is 10.3. The summed E-state index contributed by atoms with van der Waals surface area (Å²) in [6, 6.07) is 12.8. The van der Waals surface area contributed by atoms with Crippen LogP contribution < -0.4 is 10.5 Å². The van der Waals surface area contributed by atoms with Gasteiger partial charge < -0.3 is 10.5 Å². The van der Waals surface area contributed by atoms with Gasteiger partial charge in [-0.2, -0.15) is 0 Å². The molecule has 0 bridgehead atoms. The molecule has 0 heterocycles. The van der Waals surface area contributed by atoms with Crippen molar-refractivity contribution in [3.8, 4) is 11.5 Å². The van der Waals surface area contributed by atoms with Crippen molar-refractivity contribution in [2.24, 2.45) is 5.73 Å². The maximum absolute atomic E-state index is 6.03. The molecule has 0 spiro atoms. The molecule has 0 unspecified atom stereocenters. The fraction of sp³-hybridized carbons (Fsp3) is 0.368. The number of hydrogen-bond acceptors (Lipinski definition) is 2. The lowest BCUT2D eigenvalue weighted by Crippen LogP contribution is -2.04. The fourth-order valence-corrected chi connectivity index (χ4v) is 3.08. The molecule has 3 rings (SSSR count). The predicted molar refractivity (Wildman–Crippen MR) is 87.1 cm³/mol. The lowest BCUT2D eigenvalue weighted by Gasteiger charge is -2.17. The van der Waals surface area contributed by atoms with Crippen LogP contribution in [0.5, 0.6) is 11.5 Å². The summed E-state index contributed by atoms with van der Waals surface area (Å²) in [5.74, 6) is 1.85. The summed E-state index contributed by atoms with van der Waals surface area (Å²) in [5, 5.41) is 0. The Morgan fingerprint density at radius 2 is 1.67 bits per heavy atom. The number of ether oxygens (including phenoxy) is 1. The summed E-state index contributed by atoms with van der Waals surface area (Å²) in [6.07, 6.45) is 5.92. The minimum Gasteiger partial charge on any atom is -0.457 e.